The van der Waals surface area contributed by atoms with E-state index in [0.717, 1.165) is 5.56 Å². The van der Waals surface area contributed by atoms with Crippen LogP contribution in [0.1, 0.15) is 5.56 Å². The smallest absolute Gasteiger partial charge is 0.387 e. The SMILES string of the molecule is FC(F)Oc1cccc(CNc2cncc(Cl)n2)c1. The van der Waals surface area contributed by atoms with E-state index in [-0.39, 0.29) is 10.9 Å². The van der Waals surface area contributed by atoms with Crippen molar-refractivity contribution in [1.29, 1.82) is 0 Å². The van der Waals surface area contributed by atoms with Crippen molar-refractivity contribution in [3.05, 3.63) is 47.4 Å². The van der Waals surface area contributed by atoms with Gasteiger partial charge in [-0.15, -0.1) is 0 Å². The van der Waals surface area contributed by atoms with Gasteiger partial charge in [-0.25, -0.2) is 4.98 Å². The van der Waals surface area contributed by atoms with E-state index < -0.39 is 6.61 Å². The molecular formula is C12H10ClF2N3O. The van der Waals surface area contributed by atoms with Crippen molar-refractivity contribution in [3.63, 3.8) is 0 Å². The Hall–Kier alpha value is -1.95. The summed E-state index contributed by atoms with van der Waals surface area (Å²) in [7, 11) is 0. The molecule has 4 nitrogen and oxygen atoms in total. The van der Waals surface area contributed by atoms with E-state index in [2.05, 4.69) is 20.0 Å². The van der Waals surface area contributed by atoms with Gasteiger partial charge >= 0.3 is 6.61 Å². The highest BCUT2D eigenvalue weighted by molar-refractivity contribution is 6.29. The van der Waals surface area contributed by atoms with Crippen LogP contribution in [-0.4, -0.2) is 16.6 Å². The van der Waals surface area contributed by atoms with Gasteiger partial charge in [0.2, 0.25) is 0 Å². The van der Waals surface area contributed by atoms with Gasteiger partial charge in [-0.1, -0.05) is 23.7 Å². The number of ether oxygens (including phenoxy) is 1. The van der Waals surface area contributed by atoms with Gasteiger partial charge in [-0.3, -0.25) is 4.98 Å². The van der Waals surface area contributed by atoms with Crippen molar-refractivity contribution < 1.29 is 13.5 Å². The minimum absolute atomic E-state index is 0.117. The molecule has 1 N–H and O–H groups in total. The quantitative estimate of drug-likeness (QED) is 0.915. The van der Waals surface area contributed by atoms with Crippen LogP contribution in [0.4, 0.5) is 14.6 Å². The van der Waals surface area contributed by atoms with Crippen LogP contribution in [0.5, 0.6) is 5.75 Å². The first-order valence-electron chi connectivity index (χ1n) is 5.38. The minimum atomic E-state index is -2.83. The molecule has 7 heteroatoms. The predicted molar refractivity (Wildman–Crippen MR) is 67.4 cm³/mol. The van der Waals surface area contributed by atoms with E-state index in [1.807, 2.05) is 0 Å². The first kappa shape index (κ1) is 13.5. The van der Waals surface area contributed by atoms with Crippen molar-refractivity contribution >= 4 is 17.4 Å². The number of hydrogen-bond donors (Lipinski definition) is 1. The lowest BCUT2D eigenvalue weighted by atomic mass is 10.2. The molecule has 1 aromatic heterocycles. The van der Waals surface area contributed by atoms with Gasteiger partial charge in [-0.2, -0.15) is 8.78 Å². The maximum atomic E-state index is 12.1. The van der Waals surface area contributed by atoms with Crippen molar-refractivity contribution in [2.75, 3.05) is 5.32 Å². The summed E-state index contributed by atoms with van der Waals surface area (Å²) in [6.45, 7) is -2.43. The molecule has 0 saturated heterocycles. The topological polar surface area (TPSA) is 47.0 Å². The molecule has 100 valence electrons. The van der Waals surface area contributed by atoms with E-state index >= 15 is 0 Å². The number of halogens is 3. The number of hydrogen-bond acceptors (Lipinski definition) is 4. The number of alkyl halides is 2. The molecule has 0 atom stereocenters. The highest BCUT2D eigenvalue weighted by Gasteiger charge is 2.04. The molecule has 0 radical (unpaired) electrons. The molecule has 0 fully saturated rings. The van der Waals surface area contributed by atoms with Crippen molar-refractivity contribution in [2.45, 2.75) is 13.2 Å². The van der Waals surface area contributed by atoms with Gasteiger partial charge in [0.15, 0.2) is 0 Å². The monoisotopic (exact) mass is 285 g/mol. The van der Waals surface area contributed by atoms with Gasteiger partial charge in [0.05, 0.1) is 12.4 Å². The maximum Gasteiger partial charge on any atom is 0.387 e. The van der Waals surface area contributed by atoms with E-state index in [4.69, 9.17) is 11.6 Å². The molecule has 19 heavy (non-hydrogen) atoms. The first-order chi connectivity index (χ1) is 9.13. The molecule has 0 aliphatic heterocycles. The summed E-state index contributed by atoms with van der Waals surface area (Å²) in [5.41, 5.74) is 0.778. The third-order valence-electron chi connectivity index (χ3n) is 2.20. The summed E-state index contributed by atoms with van der Waals surface area (Å²) in [6, 6.07) is 6.41. The fraction of sp³-hybridized carbons (Fsp3) is 0.167. The summed E-state index contributed by atoms with van der Waals surface area (Å²) in [5.74, 6) is 0.624. The standard InChI is InChI=1S/C12H10ClF2N3O/c13-10-6-16-7-11(18-10)17-5-8-2-1-3-9(4-8)19-12(14)15/h1-4,6-7,12H,5H2,(H,17,18). The van der Waals surface area contributed by atoms with Crippen LogP contribution >= 0.6 is 11.6 Å². The van der Waals surface area contributed by atoms with Crippen LogP contribution in [0, 0.1) is 0 Å². The number of rotatable bonds is 5. The number of anilines is 1. The Balaban J connectivity index is 1.99. The average Bonchev–Trinajstić information content (AvgIpc) is 2.36. The Morgan fingerprint density at radius 2 is 2.16 bits per heavy atom. The molecule has 0 spiro atoms. The summed E-state index contributed by atoms with van der Waals surface area (Å²) in [4.78, 5) is 7.87. The van der Waals surface area contributed by atoms with Crippen LogP contribution in [0.3, 0.4) is 0 Å². The summed E-state index contributed by atoms with van der Waals surface area (Å²) < 4.78 is 28.5. The number of nitrogens with zero attached hydrogens (tertiary/aromatic N) is 2. The molecule has 0 saturated carbocycles. The molecule has 2 aromatic rings. The number of nitrogens with one attached hydrogen (secondary N) is 1. The molecule has 0 aliphatic rings. The molecule has 0 aliphatic carbocycles. The second-order valence-electron chi connectivity index (χ2n) is 3.61. The van der Waals surface area contributed by atoms with Gasteiger partial charge in [0.25, 0.3) is 0 Å². The molecule has 2 rings (SSSR count). The van der Waals surface area contributed by atoms with Crippen molar-refractivity contribution in [2.24, 2.45) is 0 Å². The van der Waals surface area contributed by atoms with Gasteiger partial charge in [0, 0.05) is 6.54 Å². The molecule has 0 bridgehead atoms. The van der Waals surface area contributed by atoms with Crippen LogP contribution in [0.15, 0.2) is 36.7 Å². The largest absolute Gasteiger partial charge is 0.435 e. The lowest BCUT2D eigenvalue weighted by Gasteiger charge is -2.08. The predicted octanol–water partition coefficient (Wildman–Crippen LogP) is 3.34. The Bertz CT molecular complexity index is 554. The zero-order chi connectivity index (χ0) is 13.7. The third kappa shape index (κ3) is 4.33. The van der Waals surface area contributed by atoms with Crippen molar-refractivity contribution in [1.82, 2.24) is 9.97 Å². The van der Waals surface area contributed by atoms with E-state index in [1.165, 1.54) is 24.5 Å². The molecule has 1 heterocycles. The minimum Gasteiger partial charge on any atom is -0.435 e. The third-order valence-corrected chi connectivity index (χ3v) is 2.38. The average molecular weight is 286 g/mol. The summed E-state index contributed by atoms with van der Waals surface area (Å²) in [6.07, 6.45) is 2.94. The molecule has 1 aromatic carbocycles. The summed E-state index contributed by atoms with van der Waals surface area (Å²) in [5, 5.41) is 3.26. The summed E-state index contributed by atoms with van der Waals surface area (Å²) >= 11 is 5.69. The normalized spacial score (nSPS) is 10.5. The van der Waals surface area contributed by atoms with Crippen LogP contribution in [0.2, 0.25) is 5.15 Å². The lowest BCUT2D eigenvalue weighted by molar-refractivity contribution is -0.0498. The second kappa shape index (κ2) is 6.29. The Morgan fingerprint density at radius 1 is 1.32 bits per heavy atom. The zero-order valence-corrected chi connectivity index (χ0v) is 10.4. The van der Waals surface area contributed by atoms with Gasteiger partial charge < -0.3 is 10.1 Å². The lowest BCUT2D eigenvalue weighted by Crippen LogP contribution is -2.04. The fourth-order valence-electron chi connectivity index (χ4n) is 1.45. The van der Waals surface area contributed by atoms with Crippen LogP contribution in [-0.2, 0) is 6.54 Å². The van der Waals surface area contributed by atoms with E-state index in [0.29, 0.717) is 12.4 Å². The first-order valence-corrected chi connectivity index (χ1v) is 5.76. The number of aromatic nitrogens is 2. The van der Waals surface area contributed by atoms with E-state index in [9.17, 15) is 8.78 Å². The van der Waals surface area contributed by atoms with Gasteiger partial charge in [0.1, 0.15) is 16.7 Å². The zero-order valence-electron chi connectivity index (χ0n) is 9.69. The number of benzene rings is 1. The maximum absolute atomic E-state index is 12.1. The second-order valence-corrected chi connectivity index (χ2v) is 3.99. The Morgan fingerprint density at radius 3 is 2.89 bits per heavy atom. The Kier molecular flexibility index (Phi) is 4.46. The van der Waals surface area contributed by atoms with Crippen LogP contribution < -0.4 is 10.1 Å². The van der Waals surface area contributed by atoms with E-state index in [1.54, 1.807) is 12.1 Å². The highest BCUT2D eigenvalue weighted by Crippen LogP contribution is 2.17. The van der Waals surface area contributed by atoms with Crippen LogP contribution in [0.25, 0.3) is 0 Å². The molecule has 0 unspecified atom stereocenters. The molecular weight excluding hydrogens is 276 g/mol. The Labute approximate surface area is 113 Å². The van der Waals surface area contributed by atoms with Gasteiger partial charge in [-0.05, 0) is 17.7 Å². The van der Waals surface area contributed by atoms with Crippen molar-refractivity contribution in [3.8, 4) is 5.75 Å². The molecule has 0 amide bonds. The highest BCUT2D eigenvalue weighted by atomic mass is 35.5. The fourth-order valence-corrected chi connectivity index (χ4v) is 1.60.